The highest BCUT2D eigenvalue weighted by Crippen LogP contribution is 2.28. The van der Waals surface area contributed by atoms with E-state index < -0.39 is 0 Å². The summed E-state index contributed by atoms with van der Waals surface area (Å²) in [7, 11) is 1.87. The van der Waals surface area contributed by atoms with Gasteiger partial charge in [-0.15, -0.1) is 0 Å². The second-order valence-electron chi connectivity index (χ2n) is 4.69. The smallest absolute Gasteiger partial charge is 0.132 e. The van der Waals surface area contributed by atoms with Crippen molar-refractivity contribution < 1.29 is 9.84 Å². The molecule has 0 saturated heterocycles. The standard InChI is InChI=1S/C16H16N2O2/c1-18-9-8-13(17-18)11-20-16-7-6-12-4-2-3-5-14(12)15(16)10-19/h2-9,19H,10-11H2,1H3. The van der Waals surface area contributed by atoms with E-state index in [1.165, 1.54) is 0 Å². The summed E-state index contributed by atoms with van der Waals surface area (Å²) in [6, 6.07) is 13.8. The monoisotopic (exact) mass is 268 g/mol. The first kappa shape index (κ1) is 12.7. The summed E-state index contributed by atoms with van der Waals surface area (Å²) in [5, 5.41) is 16.0. The van der Waals surface area contributed by atoms with Crippen LogP contribution < -0.4 is 4.74 Å². The fourth-order valence-corrected chi connectivity index (χ4v) is 2.31. The number of aryl methyl sites for hydroxylation is 1. The van der Waals surface area contributed by atoms with Gasteiger partial charge in [0.15, 0.2) is 0 Å². The summed E-state index contributed by atoms with van der Waals surface area (Å²) in [5.74, 6) is 0.705. The number of ether oxygens (including phenoxy) is 1. The van der Waals surface area contributed by atoms with Gasteiger partial charge in [-0.05, 0) is 22.9 Å². The van der Waals surface area contributed by atoms with Gasteiger partial charge in [-0.25, -0.2) is 0 Å². The Kier molecular flexibility index (Phi) is 3.39. The molecule has 1 heterocycles. The number of benzene rings is 2. The molecule has 1 N–H and O–H groups in total. The predicted octanol–water partition coefficient (Wildman–Crippen LogP) is 2.64. The van der Waals surface area contributed by atoms with Gasteiger partial charge in [-0.2, -0.15) is 5.10 Å². The molecule has 0 bridgehead atoms. The number of rotatable bonds is 4. The molecule has 0 radical (unpaired) electrons. The molecule has 0 saturated carbocycles. The largest absolute Gasteiger partial charge is 0.487 e. The molecule has 2 aromatic carbocycles. The summed E-state index contributed by atoms with van der Waals surface area (Å²) < 4.78 is 7.54. The SMILES string of the molecule is Cn1ccc(COc2ccc3ccccc3c2CO)n1. The van der Waals surface area contributed by atoms with Crippen LogP contribution in [0.25, 0.3) is 10.8 Å². The molecule has 0 aliphatic heterocycles. The van der Waals surface area contributed by atoms with Crippen LogP contribution in [0.2, 0.25) is 0 Å². The molecule has 0 amide bonds. The molecule has 0 atom stereocenters. The van der Waals surface area contributed by atoms with Crippen LogP contribution in [0.15, 0.2) is 48.7 Å². The van der Waals surface area contributed by atoms with Gasteiger partial charge in [0.25, 0.3) is 0 Å². The van der Waals surface area contributed by atoms with Crippen LogP contribution >= 0.6 is 0 Å². The fourth-order valence-electron chi connectivity index (χ4n) is 2.31. The van der Waals surface area contributed by atoms with Crippen LogP contribution in [-0.2, 0) is 20.3 Å². The van der Waals surface area contributed by atoms with Crippen LogP contribution in [0.5, 0.6) is 5.75 Å². The number of fused-ring (bicyclic) bond motifs is 1. The number of aliphatic hydroxyl groups excluding tert-OH is 1. The molecule has 20 heavy (non-hydrogen) atoms. The fraction of sp³-hybridized carbons (Fsp3) is 0.188. The van der Waals surface area contributed by atoms with E-state index in [1.807, 2.05) is 55.7 Å². The van der Waals surface area contributed by atoms with Crippen LogP contribution in [0, 0.1) is 0 Å². The van der Waals surface area contributed by atoms with Crippen LogP contribution in [0.4, 0.5) is 0 Å². The zero-order valence-corrected chi connectivity index (χ0v) is 11.3. The third-order valence-electron chi connectivity index (χ3n) is 3.30. The summed E-state index contributed by atoms with van der Waals surface area (Å²) in [5.41, 5.74) is 1.68. The number of nitrogens with zero attached hydrogens (tertiary/aromatic N) is 2. The number of aromatic nitrogens is 2. The van der Waals surface area contributed by atoms with E-state index in [0.717, 1.165) is 22.0 Å². The van der Waals surface area contributed by atoms with Crippen molar-refractivity contribution in [2.24, 2.45) is 7.05 Å². The average molecular weight is 268 g/mol. The van der Waals surface area contributed by atoms with E-state index >= 15 is 0 Å². The van der Waals surface area contributed by atoms with Crippen molar-refractivity contribution >= 4 is 10.8 Å². The first-order valence-corrected chi connectivity index (χ1v) is 6.51. The van der Waals surface area contributed by atoms with Crippen molar-refractivity contribution in [1.29, 1.82) is 0 Å². The van der Waals surface area contributed by atoms with Crippen molar-refractivity contribution in [3.63, 3.8) is 0 Å². The first-order chi connectivity index (χ1) is 9.78. The molecule has 4 heteroatoms. The lowest BCUT2D eigenvalue weighted by Crippen LogP contribution is -2.01. The zero-order chi connectivity index (χ0) is 13.9. The van der Waals surface area contributed by atoms with E-state index in [1.54, 1.807) is 4.68 Å². The van der Waals surface area contributed by atoms with E-state index in [9.17, 15) is 5.11 Å². The van der Waals surface area contributed by atoms with Crippen molar-refractivity contribution in [1.82, 2.24) is 9.78 Å². The lowest BCUT2D eigenvalue weighted by atomic mass is 10.0. The first-order valence-electron chi connectivity index (χ1n) is 6.51. The Bertz CT molecular complexity index is 734. The maximum Gasteiger partial charge on any atom is 0.132 e. The summed E-state index contributed by atoms with van der Waals surface area (Å²) in [6.07, 6.45) is 1.88. The third kappa shape index (κ3) is 2.38. The lowest BCUT2D eigenvalue weighted by molar-refractivity contribution is 0.259. The second-order valence-corrected chi connectivity index (χ2v) is 4.69. The summed E-state index contributed by atoms with van der Waals surface area (Å²) >= 11 is 0. The maximum absolute atomic E-state index is 9.62. The van der Waals surface area contributed by atoms with Crippen LogP contribution in [-0.4, -0.2) is 14.9 Å². The Morgan fingerprint density at radius 1 is 1.15 bits per heavy atom. The molecule has 4 nitrogen and oxygen atoms in total. The molecule has 1 aromatic heterocycles. The van der Waals surface area contributed by atoms with E-state index in [-0.39, 0.29) is 6.61 Å². The van der Waals surface area contributed by atoms with Crippen molar-refractivity contribution in [2.45, 2.75) is 13.2 Å². The van der Waals surface area contributed by atoms with E-state index in [2.05, 4.69) is 5.10 Å². The van der Waals surface area contributed by atoms with Crippen molar-refractivity contribution in [2.75, 3.05) is 0 Å². The van der Waals surface area contributed by atoms with Gasteiger partial charge in [0.2, 0.25) is 0 Å². The minimum atomic E-state index is -0.0428. The van der Waals surface area contributed by atoms with Gasteiger partial charge in [-0.3, -0.25) is 4.68 Å². The van der Waals surface area contributed by atoms with E-state index in [0.29, 0.717) is 12.4 Å². The van der Waals surface area contributed by atoms with Gasteiger partial charge >= 0.3 is 0 Å². The molecule has 0 aliphatic carbocycles. The number of hydrogen-bond donors (Lipinski definition) is 1. The molecule has 0 spiro atoms. The molecule has 3 aromatic rings. The minimum absolute atomic E-state index is 0.0428. The number of aliphatic hydroxyl groups is 1. The van der Waals surface area contributed by atoms with Crippen LogP contribution in [0.3, 0.4) is 0 Å². The normalized spacial score (nSPS) is 10.9. The molecular formula is C16H16N2O2. The van der Waals surface area contributed by atoms with Gasteiger partial charge in [0.05, 0.1) is 12.3 Å². The average Bonchev–Trinajstić information content (AvgIpc) is 2.90. The molecule has 102 valence electrons. The molecule has 0 aliphatic rings. The Morgan fingerprint density at radius 2 is 2.00 bits per heavy atom. The summed E-state index contributed by atoms with van der Waals surface area (Å²) in [6.45, 7) is 0.352. The zero-order valence-electron chi connectivity index (χ0n) is 11.3. The van der Waals surface area contributed by atoms with E-state index in [4.69, 9.17) is 4.74 Å². The maximum atomic E-state index is 9.62. The topological polar surface area (TPSA) is 47.3 Å². The van der Waals surface area contributed by atoms with Gasteiger partial charge in [0.1, 0.15) is 12.4 Å². The van der Waals surface area contributed by atoms with Crippen molar-refractivity contribution in [3.05, 3.63) is 59.9 Å². The van der Waals surface area contributed by atoms with Gasteiger partial charge in [0, 0.05) is 18.8 Å². The Hall–Kier alpha value is -2.33. The Labute approximate surface area is 117 Å². The Morgan fingerprint density at radius 3 is 2.75 bits per heavy atom. The highest BCUT2D eigenvalue weighted by Gasteiger charge is 2.08. The second kappa shape index (κ2) is 5.35. The number of hydrogen-bond acceptors (Lipinski definition) is 3. The highest BCUT2D eigenvalue weighted by atomic mass is 16.5. The lowest BCUT2D eigenvalue weighted by Gasteiger charge is -2.12. The predicted molar refractivity (Wildman–Crippen MR) is 77.4 cm³/mol. The highest BCUT2D eigenvalue weighted by molar-refractivity contribution is 5.87. The van der Waals surface area contributed by atoms with Crippen LogP contribution in [0.1, 0.15) is 11.3 Å². The molecule has 3 rings (SSSR count). The summed E-state index contributed by atoms with van der Waals surface area (Å²) in [4.78, 5) is 0. The quantitative estimate of drug-likeness (QED) is 0.791. The molecule has 0 unspecified atom stereocenters. The van der Waals surface area contributed by atoms with Gasteiger partial charge < -0.3 is 9.84 Å². The van der Waals surface area contributed by atoms with Gasteiger partial charge in [-0.1, -0.05) is 30.3 Å². The Balaban J connectivity index is 1.91. The van der Waals surface area contributed by atoms with Crippen molar-refractivity contribution in [3.8, 4) is 5.75 Å². The minimum Gasteiger partial charge on any atom is -0.487 e. The molecular weight excluding hydrogens is 252 g/mol. The third-order valence-corrected chi connectivity index (χ3v) is 3.30. The molecule has 0 fully saturated rings.